The van der Waals surface area contributed by atoms with Gasteiger partial charge < -0.3 is 15.3 Å². The van der Waals surface area contributed by atoms with Gasteiger partial charge in [0.05, 0.1) is 5.41 Å². The van der Waals surface area contributed by atoms with Crippen LogP contribution in [-0.2, 0) is 4.79 Å². The maximum Gasteiger partial charge on any atom is 0.317 e. The number of rotatable bonds is 5. The minimum Gasteiger partial charge on any atom is -0.481 e. The zero-order valence-electron chi connectivity index (χ0n) is 11.1. The first kappa shape index (κ1) is 14.5. The summed E-state index contributed by atoms with van der Waals surface area (Å²) in [5.74, 6) is -0.836. The van der Waals surface area contributed by atoms with E-state index < -0.39 is 11.4 Å². The summed E-state index contributed by atoms with van der Waals surface area (Å²) in [6.45, 7) is 8.24. The number of aliphatic carboxylic acids is 1. The van der Waals surface area contributed by atoms with E-state index in [1.807, 2.05) is 6.92 Å². The third-order valence-electron chi connectivity index (χ3n) is 3.76. The highest BCUT2D eigenvalue weighted by Crippen LogP contribution is 2.38. The first-order valence-corrected chi connectivity index (χ1v) is 6.35. The smallest absolute Gasteiger partial charge is 0.317 e. The first-order chi connectivity index (χ1) is 8.45. The molecule has 5 heteroatoms. The summed E-state index contributed by atoms with van der Waals surface area (Å²) in [4.78, 5) is 24.9. The Morgan fingerprint density at radius 3 is 2.78 bits per heavy atom. The third-order valence-corrected chi connectivity index (χ3v) is 3.76. The van der Waals surface area contributed by atoms with Gasteiger partial charge in [0.15, 0.2) is 0 Å². The van der Waals surface area contributed by atoms with Crippen molar-refractivity contribution < 1.29 is 14.7 Å². The highest BCUT2D eigenvalue weighted by molar-refractivity contribution is 5.79. The van der Waals surface area contributed by atoms with Gasteiger partial charge in [-0.25, -0.2) is 4.79 Å². The Bertz CT molecular complexity index is 343. The molecule has 0 bridgehead atoms. The van der Waals surface area contributed by atoms with Crippen LogP contribution in [0.2, 0.25) is 0 Å². The summed E-state index contributed by atoms with van der Waals surface area (Å²) in [6.07, 6.45) is 3.83. The van der Waals surface area contributed by atoms with Crippen molar-refractivity contribution in [3.63, 3.8) is 0 Å². The number of carboxylic acids is 1. The predicted molar refractivity (Wildman–Crippen MR) is 69.4 cm³/mol. The molecular formula is C13H22N2O3. The average molecular weight is 254 g/mol. The maximum absolute atomic E-state index is 12.0. The van der Waals surface area contributed by atoms with E-state index in [-0.39, 0.29) is 12.1 Å². The highest BCUT2D eigenvalue weighted by Gasteiger charge is 2.46. The lowest BCUT2D eigenvalue weighted by Gasteiger charge is -2.30. The zero-order valence-corrected chi connectivity index (χ0v) is 11.1. The third kappa shape index (κ3) is 2.83. The number of nitrogens with zero attached hydrogens (tertiary/aromatic N) is 1. The standard InChI is InChI=1S/C13H22N2O3/c1-4-9-15(5-2)12(18)14-10-7-6-8-13(10,3)11(16)17/h4,10H,1,5-9H2,2-3H3,(H,14,18)(H,16,17). The van der Waals surface area contributed by atoms with Gasteiger partial charge in [-0.15, -0.1) is 6.58 Å². The van der Waals surface area contributed by atoms with Crippen molar-refractivity contribution in [2.75, 3.05) is 13.1 Å². The molecule has 18 heavy (non-hydrogen) atoms. The second-order valence-corrected chi connectivity index (χ2v) is 4.94. The summed E-state index contributed by atoms with van der Waals surface area (Å²) < 4.78 is 0. The number of likely N-dealkylation sites (N-methyl/N-ethyl adjacent to an activating group) is 1. The van der Waals surface area contributed by atoms with E-state index >= 15 is 0 Å². The molecule has 102 valence electrons. The molecule has 0 saturated heterocycles. The molecule has 2 unspecified atom stereocenters. The van der Waals surface area contributed by atoms with Crippen molar-refractivity contribution in [1.82, 2.24) is 10.2 Å². The lowest BCUT2D eigenvalue weighted by molar-refractivity contribution is -0.148. The largest absolute Gasteiger partial charge is 0.481 e. The van der Waals surface area contributed by atoms with E-state index in [2.05, 4.69) is 11.9 Å². The van der Waals surface area contributed by atoms with Gasteiger partial charge in [-0.2, -0.15) is 0 Å². The average Bonchev–Trinajstić information content (AvgIpc) is 2.69. The fourth-order valence-electron chi connectivity index (χ4n) is 2.41. The lowest BCUT2D eigenvalue weighted by atomic mass is 9.85. The van der Waals surface area contributed by atoms with E-state index in [0.717, 1.165) is 12.8 Å². The molecule has 5 nitrogen and oxygen atoms in total. The van der Waals surface area contributed by atoms with E-state index in [4.69, 9.17) is 0 Å². The molecule has 1 saturated carbocycles. The van der Waals surface area contributed by atoms with Crippen molar-refractivity contribution in [3.8, 4) is 0 Å². The number of carbonyl (C=O) groups is 2. The maximum atomic E-state index is 12.0. The van der Waals surface area contributed by atoms with E-state index in [9.17, 15) is 14.7 Å². The molecule has 1 rings (SSSR count). The normalized spacial score (nSPS) is 26.7. The van der Waals surface area contributed by atoms with Gasteiger partial charge >= 0.3 is 12.0 Å². The molecule has 0 aliphatic heterocycles. The van der Waals surface area contributed by atoms with Crippen LogP contribution in [-0.4, -0.2) is 41.1 Å². The van der Waals surface area contributed by atoms with Gasteiger partial charge in [0.1, 0.15) is 0 Å². The van der Waals surface area contributed by atoms with Crippen LogP contribution in [0.25, 0.3) is 0 Å². The number of urea groups is 1. The summed E-state index contributed by atoms with van der Waals surface area (Å²) in [6, 6.07) is -0.502. The number of carboxylic acid groups (broad SMARTS) is 1. The Hall–Kier alpha value is -1.52. The van der Waals surface area contributed by atoms with Gasteiger partial charge in [-0.1, -0.05) is 12.5 Å². The van der Waals surface area contributed by atoms with Crippen LogP contribution in [0.4, 0.5) is 4.79 Å². The fourth-order valence-corrected chi connectivity index (χ4v) is 2.41. The van der Waals surface area contributed by atoms with Gasteiger partial charge in [-0.3, -0.25) is 4.79 Å². The van der Waals surface area contributed by atoms with Gasteiger partial charge in [0.25, 0.3) is 0 Å². The van der Waals surface area contributed by atoms with Crippen molar-refractivity contribution in [3.05, 3.63) is 12.7 Å². The molecule has 0 heterocycles. The molecular weight excluding hydrogens is 232 g/mol. The van der Waals surface area contributed by atoms with E-state index in [1.165, 1.54) is 0 Å². The summed E-state index contributed by atoms with van der Waals surface area (Å²) in [5, 5.41) is 12.1. The van der Waals surface area contributed by atoms with Gasteiger partial charge in [0, 0.05) is 19.1 Å². The summed E-state index contributed by atoms with van der Waals surface area (Å²) >= 11 is 0. The Morgan fingerprint density at radius 1 is 1.61 bits per heavy atom. The second kappa shape index (κ2) is 5.89. The van der Waals surface area contributed by atoms with Gasteiger partial charge in [0.2, 0.25) is 0 Å². The van der Waals surface area contributed by atoms with Crippen LogP contribution < -0.4 is 5.32 Å². The monoisotopic (exact) mass is 254 g/mol. The Balaban J connectivity index is 2.69. The molecule has 2 N–H and O–H groups in total. The molecule has 0 aromatic carbocycles. The number of hydrogen-bond acceptors (Lipinski definition) is 2. The van der Waals surface area contributed by atoms with Crippen LogP contribution in [0.3, 0.4) is 0 Å². The Labute approximate surface area is 108 Å². The minimum absolute atomic E-state index is 0.211. The molecule has 0 aromatic heterocycles. The van der Waals surface area contributed by atoms with Gasteiger partial charge in [-0.05, 0) is 26.7 Å². The predicted octanol–water partition coefficient (Wildman–Crippen LogP) is 1.85. The molecule has 0 aromatic rings. The Morgan fingerprint density at radius 2 is 2.28 bits per heavy atom. The Kier molecular flexibility index (Phi) is 4.76. The van der Waals surface area contributed by atoms with Crippen LogP contribution in [0.5, 0.6) is 0 Å². The molecule has 0 radical (unpaired) electrons. The fraction of sp³-hybridized carbons (Fsp3) is 0.692. The highest BCUT2D eigenvalue weighted by atomic mass is 16.4. The van der Waals surface area contributed by atoms with Crippen molar-refractivity contribution >= 4 is 12.0 Å². The van der Waals surface area contributed by atoms with Crippen molar-refractivity contribution in [2.24, 2.45) is 5.41 Å². The van der Waals surface area contributed by atoms with E-state index in [1.54, 1.807) is 17.9 Å². The zero-order chi connectivity index (χ0) is 13.8. The quantitative estimate of drug-likeness (QED) is 0.736. The lowest BCUT2D eigenvalue weighted by Crippen LogP contribution is -2.51. The van der Waals surface area contributed by atoms with Crippen molar-refractivity contribution in [2.45, 2.75) is 39.2 Å². The number of nitrogens with one attached hydrogen (secondary N) is 1. The van der Waals surface area contributed by atoms with E-state index in [0.29, 0.717) is 19.5 Å². The van der Waals surface area contributed by atoms with Crippen LogP contribution in [0.15, 0.2) is 12.7 Å². The summed E-state index contributed by atoms with van der Waals surface area (Å²) in [7, 11) is 0. The topological polar surface area (TPSA) is 69.6 Å². The molecule has 1 aliphatic rings. The van der Waals surface area contributed by atoms with Crippen LogP contribution in [0.1, 0.15) is 33.1 Å². The molecule has 1 fully saturated rings. The molecule has 2 amide bonds. The molecule has 2 atom stereocenters. The summed E-state index contributed by atoms with van der Waals surface area (Å²) in [5.41, 5.74) is -0.844. The number of amides is 2. The minimum atomic E-state index is -0.844. The molecule has 1 aliphatic carbocycles. The first-order valence-electron chi connectivity index (χ1n) is 6.35. The molecule has 0 spiro atoms. The number of carbonyl (C=O) groups excluding carboxylic acids is 1. The van der Waals surface area contributed by atoms with Crippen LogP contribution >= 0.6 is 0 Å². The van der Waals surface area contributed by atoms with Crippen molar-refractivity contribution in [1.29, 1.82) is 0 Å². The second-order valence-electron chi connectivity index (χ2n) is 4.94. The number of hydrogen-bond donors (Lipinski definition) is 2. The SMILES string of the molecule is C=CCN(CC)C(=O)NC1CCCC1(C)C(=O)O. The van der Waals surface area contributed by atoms with Crippen LogP contribution in [0, 0.1) is 5.41 Å².